The molecular formula is C22H19N3O4S. The van der Waals surface area contributed by atoms with E-state index < -0.39 is 4.92 Å². The molecule has 0 aliphatic rings. The number of hydrazone groups is 1. The molecule has 1 amide bonds. The molecule has 0 heterocycles. The van der Waals surface area contributed by atoms with Crippen LogP contribution >= 0.6 is 11.8 Å². The van der Waals surface area contributed by atoms with Crippen molar-refractivity contribution in [2.45, 2.75) is 10.6 Å². The minimum Gasteiger partial charge on any atom is -0.490 e. The van der Waals surface area contributed by atoms with Gasteiger partial charge in [0.15, 0.2) is 5.75 Å². The van der Waals surface area contributed by atoms with Crippen molar-refractivity contribution < 1.29 is 14.5 Å². The molecule has 0 radical (unpaired) electrons. The van der Waals surface area contributed by atoms with Crippen LogP contribution in [-0.2, 0) is 5.75 Å². The van der Waals surface area contributed by atoms with Gasteiger partial charge in [0, 0.05) is 27.8 Å². The molecule has 0 aliphatic heterocycles. The maximum absolute atomic E-state index is 12.2. The summed E-state index contributed by atoms with van der Waals surface area (Å²) in [6.45, 7) is 0. The van der Waals surface area contributed by atoms with Crippen LogP contribution in [0.25, 0.3) is 0 Å². The predicted molar refractivity (Wildman–Crippen MR) is 117 cm³/mol. The highest BCUT2D eigenvalue weighted by Crippen LogP contribution is 2.27. The number of nitro benzene ring substituents is 1. The normalized spacial score (nSPS) is 10.7. The Kier molecular flexibility index (Phi) is 7.18. The van der Waals surface area contributed by atoms with E-state index >= 15 is 0 Å². The van der Waals surface area contributed by atoms with Crippen LogP contribution in [0.3, 0.4) is 0 Å². The number of hydrogen-bond donors (Lipinski definition) is 1. The zero-order chi connectivity index (χ0) is 21.3. The Morgan fingerprint density at radius 1 is 1.13 bits per heavy atom. The molecule has 0 saturated heterocycles. The molecule has 152 valence electrons. The number of amides is 1. The fourth-order valence-electron chi connectivity index (χ4n) is 2.60. The average Bonchev–Trinajstić information content (AvgIpc) is 2.78. The first-order valence-electron chi connectivity index (χ1n) is 8.99. The molecule has 0 aliphatic carbocycles. The number of benzene rings is 3. The first kappa shape index (κ1) is 21.1. The molecule has 0 bridgehead atoms. The number of methoxy groups -OCH3 is 1. The average molecular weight is 421 g/mol. The minimum atomic E-state index is -0.535. The van der Waals surface area contributed by atoms with Crippen LogP contribution in [0.5, 0.6) is 5.75 Å². The maximum Gasteiger partial charge on any atom is 0.311 e. The predicted octanol–water partition coefficient (Wildman–Crippen LogP) is 4.66. The summed E-state index contributed by atoms with van der Waals surface area (Å²) < 4.78 is 4.96. The van der Waals surface area contributed by atoms with Gasteiger partial charge in [-0.15, -0.1) is 11.8 Å². The Hall–Kier alpha value is -3.65. The van der Waals surface area contributed by atoms with E-state index in [-0.39, 0.29) is 17.3 Å². The smallest absolute Gasteiger partial charge is 0.311 e. The lowest BCUT2D eigenvalue weighted by molar-refractivity contribution is -0.385. The standard InChI is InChI=1S/C22H19N3O4S/c1-29-21-12-9-17(13-20(21)25(27)28)14-23-24-22(26)18-10-7-16(8-11-18)15-30-19-5-3-2-4-6-19/h2-14H,15H2,1H3,(H,24,26)/b23-14+. The van der Waals surface area contributed by atoms with Crippen LogP contribution in [-0.4, -0.2) is 24.2 Å². The third kappa shape index (κ3) is 5.68. The van der Waals surface area contributed by atoms with Crippen LogP contribution in [0.1, 0.15) is 21.5 Å². The molecule has 0 unspecified atom stereocenters. The van der Waals surface area contributed by atoms with Gasteiger partial charge in [-0.25, -0.2) is 5.43 Å². The summed E-state index contributed by atoms with van der Waals surface area (Å²) in [5, 5.41) is 14.9. The van der Waals surface area contributed by atoms with E-state index in [0.29, 0.717) is 11.1 Å². The van der Waals surface area contributed by atoms with Gasteiger partial charge in [0.05, 0.1) is 18.2 Å². The highest BCUT2D eigenvalue weighted by atomic mass is 32.2. The molecule has 0 saturated carbocycles. The van der Waals surface area contributed by atoms with Crippen molar-refractivity contribution >= 4 is 29.6 Å². The minimum absolute atomic E-state index is 0.159. The molecule has 0 aromatic heterocycles. The zero-order valence-electron chi connectivity index (χ0n) is 16.1. The summed E-state index contributed by atoms with van der Waals surface area (Å²) in [6, 6.07) is 21.8. The second kappa shape index (κ2) is 10.2. The van der Waals surface area contributed by atoms with Gasteiger partial charge in [-0.2, -0.15) is 5.10 Å². The summed E-state index contributed by atoms with van der Waals surface area (Å²) >= 11 is 1.72. The number of nitrogens with one attached hydrogen (secondary N) is 1. The first-order chi connectivity index (χ1) is 14.6. The number of nitrogens with zero attached hydrogens (tertiary/aromatic N) is 2. The monoisotopic (exact) mass is 421 g/mol. The Morgan fingerprint density at radius 2 is 1.87 bits per heavy atom. The summed E-state index contributed by atoms with van der Waals surface area (Å²) in [7, 11) is 1.36. The Bertz CT molecular complexity index is 1050. The number of carbonyl (C=O) groups is 1. The summed E-state index contributed by atoms with van der Waals surface area (Å²) in [6.07, 6.45) is 1.34. The van der Waals surface area contributed by atoms with Crippen molar-refractivity contribution in [2.24, 2.45) is 5.10 Å². The molecule has 3 aromatic rings. The van der Waals surface area contributed by atoms with E-state index in [1.54, 1.807) is 30.0 Å². The third-order valence-electron chi connectivity index (χ3n) is 4.14. The molecule has 0 spiro atoms. The van der Waals surface area contributed by atoms with E-state index in [0.717, 1.165) is 11.3 Å². The van der Waals surface area contributed by atoms with Crippen molar-refractivity contribution in [3.05, 3.63) is 99.6 Å². The number of hydrogen-bond acceptors (Lipinski definition) is 6. The van der Waals surface area contributed by atoms with Crippen LogP contribution in [0.15, 0.2) is 82.8 Å². The van der Waals surface area contributed by atoms with E-state index in [2.05, 4.69) is 22.7 Å². The number of nitro groups is 1. The van der Waals surface area contributed by atoms with E-state index in [1.807, 2.05) is 30.3 Å². The van der Waals surface area contributed by atoms with Crippen LogP contribution in [0.4, 0.5) is 5.69 Å². The second-order valence-corrected chi connectivity index (χ2v) is 7.23. The number of thioether (sulfide) groups is 1. The molecule has 3 rings (SSSR count). The van der Waals surface area contributed by atoms with Crippen molar-refractivity contribution in [3.8, 4) is 5.75 Å². The summed E-state index contributed by atoms with van der Waals surface area (Å²) in [4.78, 5) is 24.0. The number of ether oxygens (including phenoxy) is 1. The highest BCUT2D eigenvalue weighted by molar-refractivity contribution is 7.98. The van der Waals surface area contributed by atoms with E-state index in [4.69, 9.17) is 4.74 Å². The van der Waals surface area contributed by atoms with Crippen molar-refractivity contribution in [1.82, 2.24) is 5.43 Å². The lowest BCUT2D eigenvalue weighted by Crippen LogP contribution is -2.17. The summed E-state index contributed by atoms with van der Waals surface area (Å²) in [5.74, 6) is 0.601. The Balaban J connectivity index is 1.57. The third-order valence-corrected chi connectivity index (χ3v) is 5.23. The van der Waals surface area contributed by atoms with Crippen LogP contribution < -0.4 is 10.2 Å². The zero-order valence-corrected chi connectivity index (χ0v) is 17.0. The molecule has 0 atom stereocenters. The molecule has 0 fully saturated rings. The van der Waals surface area contributed by atoms with Crippen molar-refractivity contribution in [1.29, 1.82) is 0 Å². The van der Waals surface area contributed by atoms with Gasteiger partial charge in [0.2, 0.25) is 0 Å². The number of carbonyl (C=O) groups excluding carboxylic acids is 1. The van der Waals surface area contributed by atoms with Gasteiger partial charge >= 0.3 is 5.69 Å². The largest absolute Gasteiger partial charge is 0.490 e. The second-order valence-electron chi connectivity index (χ2n) is 6.19. The van der Waals surface area contributed by atoms with E-state index in [1.165, 1.54) is 30.4 Å². The maximum atomic E-state index is 12.2. The van der Waals surface area contributed by atoms with Gasteiger partial charge in [0.25, 0.3) is 5.91 Å². The highest BCUT2D eigenvalue weighted by Gasteiger charge is 2.14. The fourth-order valence-corrected chi connectivity index (χ4v) is 3.47. The lowest BCUT2D eigenvalue weighted by Gasteiger charge is -2.04. The van der Waals surface area contributed by atoms with Gasteiger partial charge in [0.1, 0.15) is 0 Å². The van der Waals surface area contributed by atoms with Crippen molar-refractivity contribution in [3.63, 3.8) is 0 Å². The molecule has 30 heavy (non-hydrogen) atoms. The molecule has 3 aromatic carbocycles. The Labute approximate surface area is 177 Å². The van der Waals surface area contributed by atoms with Crippen LogP contribution in [0, 0.1) is 10.1 Å². The first-order valence-corrected chi connectivity index (χ1v) is 9.98. The van der Waals surface area contributed by atoms with Gasteiger partial charge in [-0.05, 0) is 42.0 Å². The van der Waals surface area contributed by atoms with Gasteiger partial charge in [-0.1, -0.05) is 30.3 Å². The van der Waals surface area contributed by atoms with Crippen LogP contribution in [0.2, 0.25) is 0 Å². The SMILES string of the molecule is COc1ccc(/C=N/NC(=O)c2ccc(CSc3ccccc3)cc2)cc1[N+](=O)[O-]. The summed E-state index contributed by atoms with van der Waals surface area (Å²) in [5.41, 5.74) is 4.30. The molecular weight excluding hydrogens is 402 g/mol. The Morgan fingerprint density at radius 3 is 2.53 bits per heavy atom. The molecule has 7 nitrogen and oxygen atoms in total. The van der Waals surface area contributed by atoms with Crippen molar-refractivity contribution in [2.75, 3.05) is 7.11 Å². The topological polar surface area (TPSA) is 93.8 Å². The lowest BCUT2D eigenvalue weighted by atomic mass is 10.1. The fraction of sp³-hybridized carbons (Fsp3) is 0.0909. The van der Waals surface area contributed by atoms with Gasteiger partial charge < -0.3 is 4.74 Å². The van der Waals surface area contributed by atoms with Gasteiger partial charge in [-0.3, -0.25) is 14.9 Å². The quantitative estimate of drug-likeness (QED) is 0.247. The molecule has 8 heteroatoms. The number of rotatable bonds is 8. The van der Waals surface area contributed by atoms with E-state index in [9.17, 15) is 14.9 Å². The molecule has 1 N–H and O–H groups in total.